The Hall–Kier alpha value is -1.01. The van der Waals surface area contributed by atoms with Crippen LogP contribution in [0.2, 0.25) is 0 Å². The van der Waals surface area contributed by atoms with E-state index in [1.165, 1.54) is 25.9 Å². The summed E-state index contributed by atoms with van der Waals surface area (Å²) in [5, 5.41) is 3.75. The van der Waals surface area contributed by atoms with E-state index in [9.17, 15) is 4.39 Å². The van der Waals surface area contributed by atoms with E-state index in [4.69, 9.17) is 0 Å². The molecule has 0 saturated carbocycles. The average molecular weight is 320 g/mol. The molecule has 0 aromatic heterocycles. The van der Waals surface area contributed by atoms with Gasteiger partial charge in [0.25, 0.3) is 0 Å². The maximum atomic E-state index is 13.1. The van der Waals surface area contributed by atoms with Gasteiger partial charge in [0.2, 0.25) is 0 Å². The van der Waals surface area contributed by atoms with E-state index in [1.807, 2.05) is 12.1 Å². The third-order valence-corrected chi connectivity index (χ3v) is 5.49. The van der Waals surface area contributed by atoms with Crippen LogP contribution in [-0.2, 0) is 0 Å². The molecule has 3 rings (SSSR count). The van der Waals surface area contributed by atoms with Crippen LogP contribution in [0.1, 0.15) is 31.4 Å². The third-order valence-electron chi connectivity index (χ3n) is 5.49. The number of halogens is 1. The zero-order chi connectivity index (χ0) is 16.2. The molecule has 128 valence electrons. The van der Waals surface area contributed by atoms with E-state index in [0.717, 1.165) is 24.6 Å². The Morgan fingerprint density at radius 1 is 1.26 bits per heavy atom. The second kappa shape index (κ2) is 7.71. The number of hydrazine groups is 1. The number of nitrogens with zero attached hydrogens (tertiary/aromatic N) is 1. The fraction of sp³-hybridized carbons (Fsp3) is 0.667. The second-order valence-electron chi connectivity index (χ2n) is 7.15. The van der Waals surface area contributed by atoms with Crippen molar-refractivity contribution in [3.63, 3.8) is 0 Å². The first-order valence-corrected chi connectivity index (χ1v) is 8.79. The van der Waals surface area contributed by atoms with Gasteiger partial charge in [0.1, 0.15) is 5.82 Å². The van der Waals surface area contributed by atoms with Crippen molar-refractivity contribution in [1.82, 2.24) is 21.1 Å². The molecule has 2 heterocycles. The Balaban J connectivity index is 1.51. The molecular weight excluding hydrogens is 291 g/mol. The fourth-order valence-electron chi connectivity index (χ4n) is 3.78. The standard InChI is InChI=1S/C18H29FN4/c1-13(14-7-9-23(2)10-8-14)20-11-16-12-21-22-18(16)15-3-5-17(19)6-4-15/h3-6,13-14,16,18,20-22H,7-12H2,1-2H3. The minimum absolute atomic E-state index is 0.176. The van der Waals surface area contributed by atoms with Crippen molar-refractivity contribution in [3.05, 3.63) is 35.6 Å². The number of nitrogens with one attached hydrogen (secondary N) is 3. The normalized spacial score (nSPS) is 28.1. The molecule has 2 aliphatic heterocycles. The van der Waals surface area contributed by atoms with Crippen molar-refractivity contribution >= 4 is 0 Å². The van der Waals surface area contributed by atoms with E-state index in [-0.39, 0.29) is 11.9 Å². The SMILES string of the molecule is CC(NCC1CNNC1c1ccc(F)cc1)C1CCN(C)CC1. The topological polar surface area (TPSA) is 39.3 Å². The zero-order valence-electron chi connectivity index (χ0n) is 14.2. The molecular formula is C18H29FN4. The van der Waals surface area contributed by atoms with Crippen molar-refractivity contribution in [1.29, 1.82) is 0 Å². The van der Waals surface area contributed by atoms with Gasteiger partial charge in [0.05, 0.1) is 6.04 Å². The lowest BCUT2D eigenvalue weighted by molar-refractivity contribution is 0.187. The van der Waals surface area contributed by atoms with Crippen LogP contribution in [0.5, 0.6) is 0 Å². The van der Waals surface area contributed by atoms with Crippen LogP contribution < -0.4 is 16.2 Å². The van der Waals surface area contributed by atoms with Crippen LogP contribution >= 0.6 is 0 Å². The molecule has 5 heteroatoms. The van der Waals surface area contributed by atoms with Gasteiger partial charge in [-0.3, -0.25) is 5.43 Å². The highest BCUT2D eigenvalue weighted by molar-refractivity contribution is 5.21. The molecule has 0 spiro atoms. The van der Waals surface area contributed by atoms with Gasteiger partial charge in [-0.25, -0.2) is 9.82 Å². The quantitative estimate of drug-likeness (QED) is 0.775. The lowest BCUT2D eigenvalue weighted by atomic mass is 9.89. The third kappa shape index (κ3) is 4.29. The Kier molecular flexibility index (Phi) is 5.64. The summed E-state index contributed by atoms with van der Waals surface area (Å²) in [7, 11) is 2.21. The minimum Gasteiger partial charge on any atom is -0.314 e. The molecule has 3 N–H and O–H groups in total. The van der Waals surface area contributed by atoms with Gasteiger partial charge >= 0.3 is 0 Å². The van der Waals surface area contributed by atoms with Gasteiger partial charge in [-0.15, -0.1) is 0 Å². The van der Waals surface area contributed by atoms with E-state index in [1.54, 1.807) is 12.1 Å². The van der Waals surface area contributed by atoms with E-state index in [0.29, 0.717) is 12.0 Å². The number of hydrogen-bond donors (Lipinski definition) is 3. The van der Waals surface area contributed by atoms with Crippen LogP contribution in [0.15, 0.2) is 24.3 Å². The Morgan fingerprint density at radius 3 is 2.65 bits per heavy atom. The van der Waals surface area contributed by atoms with E-state index < -0.39 is 0 Å². The average Bonchev–Trinajstić information content (AvgIpc) is 3.02. The van der Waals surface area contributed by atoms with E-state index >= 15 is 0 Å². The first kappa shape index (κ1) is 16.8. The van der Waals surface area contributed by atoms with Gasteiger partial charge in [-0.05, 0) is 63.5 Å². The van der Waals surface area contributed by atoms with E-state index in [2.05, 4.69) is 35.0 Å². The first-order chi connectivity index (χ1) is 11.1. The van der Waals surface area contributed by atoms with Gasteiger partial charge in [-0.2, -0.15) is 0 Å². The first-order valence-electron chi connectivity index (χ1n) is 8.79. The van der Waals surface area contributed by atoms with Crippen LogP contribution in [-0.4, -0.2) is 44.2 Å². The molecule has 3 atom stereocenters. The van der Waals surface area contributed by atoms with Crippen LogP contribution in [0.4, 0.5) is 4.39 Å². The van der Waals surface area contributed by atoms with Gasteiger partial charge in [0.15, 0.2) is 0 Å². The number of benzene rings is 1. The summed E-state index contributed by atoms with van der Waals surface area (Å²) in [6, 6.07) is 7.65. The lowest BCUT2D eigenvalue weighted by Gasteiger charge is -2.34. The van der Waals surface area contributed by atoms with Crippen molar-refractivity contribution < 1.29 is 4.39 Å². The Bertz CT molecular complexity index is 484. The molecule has 0 radical (unpaired) electrons. The summed E-state index contributed by atoms with van der Waals surface area (Å²) in [6.45, 7) is 6.66. The van der Waals surface area contributed by atoms with Crippen molar-refractivity contribution in [3.8, 4) is 0 Å². The van der Waals surface area contributed by atoms with Crippen molar-refractivity contribution in [2.45, 2.75) is 31.8 Å². The molecule has 23 heavy (non-hydrogen) atoms. The Morgan fingerprint density at radius 2 is 1.96 bits per heavy atom. The smallest absolute Gasteiger partial charge is 0.123 e. The van der Waals surface area contributed by atoms with Gasteiger partial charge in [-0.1, -0.05) is 12.1 Å². The molecule has 0 bridgehead atoms. The molecule has 4 nitrogen and oxygen atoms in total. The molecule has 2 saturated heterocycles. The summed E-state index contributed by atoms with van der Waals surface area (Å²) in [5.41, 5.74) is 7.73. The molecule has 1 aromatic rings. The maximum Gasteiger partial charge on any atom is 0.123 e. The molecule has 0 aliphatic carbocycles. The number of likely N-dealkylation sites (tertiary alicyclic amines) is 1. The molecule has 3 unspecified atom stereocenters. The summed E-state index contributed by atoms with van der Waals surface area (Å²) in [5.74, 6) is 1.08. The summed E-state index contributed by atoms with van der Waals surface area (Å²) in [6.07, 6.45) is 2.57. The zero-order valence-corrected chi connectivity index (χ0v) is 14.2. The van der Waals surface area contributed by atoms with Crippen molar-refractivity contribution in [2.24, 2.45) is 11.8 Å². The van der Waals surface area contributed by atoms with Gasteiger partial charge < -0.3 is 10.2 Å². The summed E-state index contributed by atoms with van der Waals surface area (Å²) in [4.78, 5) is 2.42. The maximum absolute atomic E-state index is 13.1. The van der Waals surface area contributed by atoms with Gasteiger partial charge in [0, 0.05) is 25.0 Å². The highest BCUT2D eigenvalue weighted by Crippen LogP contribution is 2.25. The predicted molar refractivity (Wildman–Crippen MR) is 91.5 cm³/mol. The van der Waals surface area contributed by atoms with Crippen LogP contribution in [0, 0.1) is 17.7 Å². The second-order valence-corrected chi connectivity index (χ2v) is 7.15. The summed E-state index contributed by atoms with van der Waals surface area (Å²) >= 11 is 0. The number of piperidine rings is 1. The van der Waals surface area contributed by atoms with Crippen LogP contribution in [0.25, 0.3) is 0 Å². The monoisotopic (exact) mass is 320 g/mol. The molecule has 1 aromatic carbocycles. The molecule has 2 aliphatic rings. The lowest BCUT2D eigenvalue weighted by Crippen LogP contribution is -2.43. The predicted octanol–water partition coefficient (Wildman–Crippen LogP) is 1.91. The number of rotatable bonds is 5. The molecule has 2 fully saturated rings. The summed E-state index contributed by atoms with van der Waals surface area (Å²) < 4.78 is 13.1. The fourth-order valence-corrected chi connectivity index (χ4v) is 3.78. The van der Waals surface area contributed by atoms with Crippen molar-refractivity contribution in [2.75, 3.05) is 33.2 Å². The van der Waals surface area contributed by atoms with Crippen LogP contribution in [0.3, 0.4) is 0 Å². The number of hydrogen-bond acceptors (Lipinski definition) is 4. The minimum atomic E-state index is -0.176. The largest absolute Gasteiger partial charge is 0.314 e. The highest BCUT2D eigenvalue weighted by Gasteiger charge is 2.29. The Labute approximate surface area is 138 Å². The highest BCUT2D eigenvalue weighted by atomic mass is 19.1. The molecule has 0 amide bonds.